The van der Waals surface area contributed by atoms with Crippen molar-refractivity contribution in [3.05, 3.63) is 28.8 Å². The first-order valence-electron chi connectivity index (χ1n) is 7.53. The average molecular weight is 341 g/mol. The minimum absolute atomic E-state index is 0.0404. The number of carbonyl (C=O) groups is 2. The lowest BCUT2D eigenvalue weighted by atomic mass is 10.1. The minimum atomic E-state index is -0.0432. The third-order valence-corrected chi connectivity index (χ3v) is 4.20. The van der Waals surface area contributed by atoms with Crippen LogP contribution in [0.15, 0.2) is 18.2 Å². The van der Waals surface area contributed by atoms with Crippen LogP contribution in [-0.2, 0) is 20.7 Å². The molecular weight excluding hydrogens is 320 g/mol. The molecule has 23 heavy (non-hydrogen) atoms. The van der Waals surface area contributed by atoms with Gasteiger partial charge < -0.3 is 19.6 Å². The summed E-state index contributed by atoms with van der Waals surface area (Å²) in [4.78, 5) is 27.4. The first kappa shape index (κ1) is 17.6. The summed E-state index contributed by atoms with van der Waals surface area (Å²) in [7, 11) is 1.49. The molecule has 0 unspecified atom stereocenters. The Bertz CT molecular complexity index is 571. The van der Waals surface area contributed by atoms with Gasteiger partial charge in [0.2, 0.25) is 11.8 Å². The first-order valence-corrected chi connectivity index (χ1v) is 7.91. The van der Waals surface area contributed by atoms with E-state index in [4.69, 9.17) is 16.3 Å². The number of carbonyl (C=O) groups excluding carboxylic acids is 2. The van der Waals surface area contributed by atoms with Crippen LogP contribution < -0.4 is 0 Å². The molecule has 0 aromatic heterocycles. The van der Waals surface area contributed by atoms with Crippen molar-refractivity contribution in [2.24, 2.45) is 0 Å². The van der Waals surface area contributed by atoms with Crippen LogP contribution in [0.2, 0.25) is 5.02 Å². The Hall–Kier alpha value is -1.79. The van der Waals surface area contributed by atoms with Crippen LogP contribution in [0.1, 0.15) is 12.0 Å². The summed E-state index contributed by atoms with van der Waals surface area (Å²) in [5.41, 5.74) is 0.912. The zero-order valence-electron chi connectivity index (χ0n) is 13.1. The maximum atomic E-state index is 12.2. The minimum Gasteiger partial charge on any atom is -0.506 e. The molecule has 0 radical (unpaired) electrons. The van der Waals surface area contributed by atoms with Crippen LogP contribution >= 0.6 is 11.6 Å². The predicted molar refractivity (Wildman–Crippen MR) is 86.5 cm³/mol. The summed E-state index contributed by atoms with van der Waals surface area (Å²) < 4.78 is 4.84. The molecule has 1 aromatic rings. The Morgan fingerprint density at radius 3 is 2.35 bits per heavy atom. The van der Waals surface area contributed by atoms with E-state index in [1.807, 2.05) is 0 Å². The van der Waals surface area contributed by atoms with Crippen molar-refractivity contribution in [1.82, 2.24) is 9.80 Å². The van der Waals surface area contributed by atoms with Gasteiger partial charge in [-0.15, -0.1) is 0 Å². The Morgan fingerprint density at radius 2 is 1.78 bits per heavy atom. The molecular formula is C16H21ClN2O4. The number of halogens is 1. The van der Waals surface area contributed by atoms with Gasteiger partial charge in [0, 0.05) is 39.7 Å². The molecule has 0 atom stereocenters. The monoisotopic (exact) mass is 340 g/mol. The van der Waals surface area contributed by atoms with Crippen LogP contribution in [0.3, 0.4) is 0 Å². The van der Waals surface area contributed by atoms with E-state index >= 15 is 0 Å². The zero-order valence-corrected chi connectivity index (χ0v) is 13.9. The normalized spacial score (nSPS) is 14.9. The molecule has 1 aliphatic heterocycles. The largest absolute Gasteiger partial charge is 0.506 e. The molecule has 2 amide bonds. The van der Waals surface area contributed by atoms with Crippen molar-refractivity contribution >= 4 is 23.4 Å². The summed E-state index contributed by atoms with van der Waals surface area (Å²) >= 11 is 5.86. The van der Waals surface area contributed by atoms with E-state index in [2.05, 4.69) is 0 Å². The summed E-state index contributed by atoms with van der Waals surface area (Å²) in [6.45, 7) is 2.25. The van der Waals surface area contributed by atoms with E-state index in [1.165, 1.54) is 13.2 Å². The number of piperazine rings is 1. The van der Waals surface area contributed by atoms with Crippen molar-refractivity contribution in [1.29, 1.82) is 0 Å². The Balaban J connectivity index is 1.79. The highest BCUT2D eigenvalue weighted by molar-refractivity contribution is 6.32. The van der Waals surface area contributed by atoms with Crippen molar-refractivity contribution < 1.29 is 19.4 Å². The third kappa shape index (κ3) is 4.84. The van der Waals surface area contributed by atoms with E-state index in [-0.39, 0.29) is 24.2 Å². The second-order valence-electron chi connectivity index (χ2n) is 5.48. The third-order valence-electron chi connectivity index (χ3n) is 3.89. The van der Waals surface area contributed by atoms with Gasteiger partial charge in [-0.05, 0) is 24.1 Å². The van der Waals surface area contributed by atoms with Gasteiger partial charge in [0.25, 0.3) is 0 Å². The van der Waals surface area contributed by atoms with Crippen molar-refractivity contribution in [3.8, 4) is 5.75 Å². The van der Waals surface area contributed by atoms with Gasteiger partial charge in [0.05, 0.1) is 5.02 Å². The lowest BCUT2D eigenvalue weighted by molar-refractivity contribution is -0.141. The molecule has 1 saturated heterocycles. The number of rotatable bonds is 5. The SMILES string of the molecule is COCC(=O)N1CCN(C(=O)CCc2ccc(O)c(Cl)c2)CC1. The molecule has 1 fully saturated rings. The van der Waals surface area contributed by atoms with Crippen LogP contribution in [0.25, 0.3) is 0 Å². The second-order valence-corrected chi connectivity index (χ2v) is 5.89. The molecule has 1 aromatic carbocycles. The molecule has 6 nitrogen and oxygen atoms in total. The van der Waals surface area contributed by atoms with Gasteiger partial charge in [0.15, 0.2) is 0 Å². The molecule has 0 saturated carbocycles. The van der Waals surface area contributed by atoms with Crippen LogP contribution in [0.5, 0.6) is 5.75 Å². The number of hydrogen-bond acceptors (Lipinski definition) is 4. The van der Waals surface area contributed by atoms with Crippen LogP contribution in [0, 0.1) is 0 Å². The summed E-state index contributed by atoms with van der Waals surface area (Å²) in [6.07, 6.45) is 0.953. The predicted octanol–water partition coefficient (Wildman–Crippen LogP) is 1.30. The van der Waals surface area contributed by atoms with E-state index in [0.29, 0.717) is 44.0 Å². The van der Waals surface area contributed by atoms with Crippen molar-refractivity contribution in [3.63, 3.8) is 0 Å². The number of phenolic OH excluding ortho intramolecular Hbond substituents is 1. The molecule has 1 aliphatic rings. The van der Waals surface area contributed by atoms with Crippen molar-refractivity contribution in [2.75, 3.05) is 39.9 Å². The molecule has 0 spiro atoms. The standard InChI is InChI=1S/C16H21ClN2O4/c1-23-11-16(22)19-8-6-18(7-9-19)15(21)5-3-12-2-4-14(20)13(17)10-12/h2,4,10,20H,3,5-9,11H2,1H3. The summed E-state index contributed by atoms with van der Waals surface area (Å²) in [5, 5.41) is 9.68. The summed E-state index contributed by atoms with van der Waals surface area (Å²) in [5.74, 6) is 0.0602. The van der Waals surface area contributed by atoms with Gasteiger partial charge in [0.1, 0.15) is 12.4 Å². The Morgan fingerprint density at radius 1 is 1.17 bits per heavy atom. The number of ether oxygens (including phenoxy) is 1. The first-order chi connectivity index (χ1) is 11.0. The molecule has 2 rings (SSSR count). The number of aromatic hydroxyl groups is 1. The summed E-state index contributed by atoms with van der Waals surface area (Å²) in [6, 6.07) is 4.96. The quantitative estimate of drug-likeness (QED) is 0.877. The number of benzene rings is 1. The maximum Gasteiger partial charge on any atom is 0.248 e. The van der Waals surface area contributed by atoms with E-state index in [1.54, 1.807) is 21.9 Å². The molecule has 1 heterocycles. The second kappa shape index (κ2) is 8.17. The molecule has 7 heteroatoms. The number of amides is 2. The Labute approximate surface area is 140 Å². The maximum absolute atomic E-state index is 12.2. The highest BCUT2D eigenvalue weighted by Gasteiger charge is 2.23. The van der Waals surface area contributed by atoms with E-state index in [0.717, 1.165) is 5.56 Å². The fourth-order valence-electron chi connectivity index (χ4n) is 2.54. The fraction of sp³-hybridized carbons (Fsp3) is 0.500. The molecule has 0 aliphatic carbocycles. The van der Waals surface area contributed by atoms with Crippen molar-refractivity contribution in [2.45, 2.75) is 12.8 Å². The average Bonchev–Trinajstić information content (AvgIpc) is 2.56. The highest BCUT2D eigenvalue weighted by atomic mass is 35.5. The molecule has 126 valence electrons. The van der Waals surface area contributed by atoms with Gasteiger partial charge >= 0.3 is 0 Å². The van der Waals surface area contributed by atoms with E-state index in [9.17, 15) is 14.7 Å². The smallest absolute Gasteiger partial charge is 0.248 e. The number of hydrogen-bond donors (Lipinski definition) is 1. The van der Waals surface area contributed by atoms with Crippen LogP contribution in [-0.4, -0.2) is 66.6 Å². The van der Waals surface area contributed by atoms with Gasteiger partial charge in [-0.3, -0.25) is 9.59 Å². The number of phenols is 1. The number of nitrogens with zero attached hydrogens (tertiary/aromatic N) is 2. The van der Waals surface area contributed by atoms with Gasteiger partial charge in [-0.1, -0.05) is 17.7 Å². The Kier molecular flexibility index (Phi) is 6.24. The topological polar surface area (TPSA) is 70.1 Å². The van der Waals surface area contributed by atoms with Gasteiger partial charge in [-0.2, -0.15) is 0 Å². The van der Waals surface area contributed by atoms with Gasteiger partial charge in [-0.25, -0.2) is 0 Å². The molecule has 0 bridgehead atoms. The molecule has 1 N–H and O–H groups in total. The van der Waals surface area contributed by atoms with Crippen LogP contribution in [0.4, 0.5) is 0 Å². The number of aryl methyl sites for hydroxylation is 1. The highest BCUT2D eigenvalue weighted by Crippen LogP contribution is 2.24. The van der Waals surface area contributed by atoms with E-state index < -0.39 is 0 Å². The fourth-order valence-corrected chi connectivity index (χ4v) is 2.74. The zero-order chi connectivity index (χ0) is 16.8. The lowest BCUT2D eigenvalue weighted by Gasteiger charge is -2.34. The lowest BCUT2D eigenvalue weighted by Crippen LogP contribution is -2.51. The number of methoxy groups -OCH3 is 1.